The molecule has 106 valence electrons. The van der Waals surface area contributed by atoms with Gasteiger partial charge in [-0.15, -0.1) is 0 Å². The summed E-state index contributed by atoms with van der Waals surface area (Å²) in [5, 5.41) is 3.49. The zero-order valence-corrected chi connectivity index (χ0v) is 13.1. The van der Waals surface area contributed by atoms with Crippen molar-refractivity contribution in [3.63, 3.8) is 0 Å². The molecule has 0 unspecified atom stereocenters. The van der Waals surface area contributed by atoms with Gasteiger partial charge in [0.05, 0.1) is 6.54 Å². The summed E-state index contributed by atoms with van der Waals surface area (Å²) in [6, 6.07) is 4.34. The number of halogens is 1. The summed E-state index contributed by atoms with van der Waals surface area (Å²) >= 11 is 3.30. The van der Waals surface area contributed by atoms with Crippen LogP contribution in [0.25, 0.3) is 0 Å². The Balaban J connectivity index is 1.73. The van der Waals surface area contributed by atoms with Crippen LogP contribution in [-0.4, -0.2) is 29.9 Å². The third-order valence-electron chi connectivity index (χ3n) is 3.49. The number of carbonyl (C=O) groups excluding carboxylic acids is 1. The number of hydrogen-bond donors (Lipinski definition) is 1. The molecule has 1 aromatic heterocycles. The van der Waals surface area contributed by atoms with Gasteiger partial charge in [0.15, 0.2) is 4.67 Å². The monoisotopic (exact) mass is 328 g/mol. The van der Waals surface area contributed by atoms with E-state index in [1.807, 2.05) is 30.9 Å². The van der Waals surface area contributed by atoms with Gasteiger partial charge in [0.1, 0.15) is 5.76 Å². The van der Waals surface area contributed by atoms with E-state index < -0.39 is 0 Å². The normalized spacial score (nSPS) is 17.2. The summed E-state index contributed by atoms with van der Waals surface area (Å²) in [6.07, 6.45) is 2.03. The second-order valence-corrected chi connectivity index (χ2v) is 6.12. The highest BCUT2D eigenvalue weighted by molar-refractivity contribution is 9.10. The highest BCUT2D eigenvalue weighted by Gasteiger charge is 2.23. The van der Waals surface area contributed by atoms with E-state index in [4.69, 9.17) is 4.42 Å². The fourth-order valence-corrected chi connectivity index (χ4v) is 2.70. The fourth-order valence-electron chi connectivity index (χ4n) is 2.36. The second-order valence-electron chi connectivity index (χ2n) is 5.34. The van der Waals surface area contributed by atoms with Gasteiger partial charge < -0.3 is 14.6 Å². The molecule has 0 spiro atoms. The molecule has 1 aliphatic heterocycles. The van der Waals surface area contributed by atoms with Crippen molar-refractivity contribution >= 4 is 21.8 Å². The number of piperidine rings is 1. The van der Waals surface area contributed by atoms with E-state index in [2.05, 4.69) is 21.2 Å². The van der Waals surface area contributed by atoms with Crippen LogP contribution in [0.5, 0.6) is 0 Å². The Hall–Kier alpha value is -0.810. The van der Waals surface area contributed by atoms with Gasteiger partial charge >= 0.3 is 0 Å². The maximum Gasteiger partial charge on any atom is 0.225 e. The van der Waals surface area contributed by atoms with E-state index in [0.717, 1.165) is 42.9 Å². The largest absolute Gasteiger partial charge is 0.453 e. The molecular weight excluding hydrogens is 308 g/mol. The lowest BCUT2D eigenvalue weighted by Gasteiger charge is -2.33. The number of likely N-dealkylation sites (tertiary alicyclic amines) is 1. The predicted molar refractivity (Wildman–Crippen MR) is 77.7 cm³/mol. The maximum atomic E-state index is 11.9. The van der Waals surface area contributed by atoms with Gasteiger partial charge in [0, 0.05) is 25.0 Å². The van der Waals surface area contributed by atoms with Gasteiger partial charge in [0.2, 0.25) is 5.91 Å². The molecule has 19 heavy (non-hydrogen) atoms. The minimum absolute atomic E-state index is 0.102. The van der Waals surface area contributed by atoms with Crippen LogP contribution in [-0.2, 0) is 11.3 Å². The summed E-state index contributed by atoms with van der Waals surface area (Å²) in [5.74, 6) is 1.31. The first-order valence-corrected chi connectivity index (χ1v) is 7.62. The average molecular weight is 329 g/mol. The summed E-state index contributed by atoms with van der Waals surface area (Å²) in [5.41, 5.74) is 0. The van der Waals surface area contributed by atoms with Crippen molar-refractivity contribution in [1.29, 1.82) is 0 Å². The van der Waals surface area contributed by atoms with Crippen molar-refractivity contribution in [2.24, 2.45) is 5.92 Å². The molecule has 2 heterocycles. The number of nitrogens with one attached hydrogen (secondary N) is 1. The topological polar surface area (TPSA) is 45.5 Å². The summed E-state index contributed by atoms with van der Waals surface area (Å²) < 4.78 is 6.22. The van der Waals surface area contributed by atoms with Gasteiger partial charge in [-0.3, -0.25) is 4.79 Å². The van der Waals surface area contributed by atoms with Crippen molar-refractivity contribution in [3.8, 4) is 0 Å². The minimum atomic E-state index is 0.102. The molecule has 0 aliphatic carbocycles. The molecule has 0 saturated carbocycles. The molecular formula is C14H21BrN2O2. The summed E-state index contributed by atoms with van der Waals surface area (Å²) in [7, 11) is 0. The lowest BCUT2D eigenvalue weighted by molar-refractivity contribution is -0.135. The number of rotatable bonds is 4. The predicted octanol–water partition coefficient (Wildman–Crippen LogP) is 2.78. The zero-order valence-electron chi connectivity index (χ0n) is 11.5. The Bertz CT molecular complexity index is 423. The van der Waals surface area contributed by atoms with E-state index >= 15 is 0 Å². The summed E-state index contributed by atoms with van der Waals surface area (Å²) in [4.78, 5) is 13.9. The Morgan fingerprint density at radius 1 is 1.47 bits per heavy atom. The van der Waals surface area contributed by atoms with Gasteiger partial charge in [-0.1, -0.05) is 13.8 Å². The molecule has 2 rings (SSSR count). The van der Waals surface area contributed by atoms with Gasteiger partial charge in [-0.05, 0) is 40.9 Å². The number of hydrogen-bond acceptors (Lipinski definition) is 3. The van der Waals surface area contributed by atoms with Crippen molar-refractivity contribution in [2.75, 3.05) is 13.1 Å². The Kier molecular flexibility index (Phi) is 5.05. The third-order valence-corrected chi connectivity index (χ3v) is 3.92. The Morgan fingerprint density at radius 2 is 2.16 bits per heavy atom. The molecule has 1 N–H and O–H groups in total. The molecule has 1 aliphatic rings. The number of carbonyl (C=O) groups is 1. The fraction of sp³-hybridized carbons (Fsp3) is 0.643. The maximum absolute atomic E-state index is 11.9. The lowest BCUT2D eigenvalue weighted by Crippen LogP contribution is -2.45. The third kappa shape index (κ3) is 4.08. The molecule has 1 aromatic rings. The van der Waals surface area contributed by atoms with E-state index in [1.165, 1.54) is 0 Å². The first-order chi connectivity index (χ1) is 9.06. The van der Waals surface area contributed by atoms with Gasteiger partial charge in [-0.25, -0.2) is 0 Å². The molecule has 5 heteroatoms. The SMILES string of the molecule is CC(C)C(=O)N1CCC(NCc2ccc(Br)o2)CC1. The van der Waals surface area contributed by atoms with Crippen molar-refractivity contribution in [2.45, 2.75) is 39.3 Å². The molecule has 0 aromatic carbocycles. The van der Waals surface area contributed by atoms with Crippen LogP contribution in [0.15, 0.2) is 21.2 Å². The molecule has 1 fully saturated rings. The van der Waals surface area contributed by atoms with E-state index in [1.54, 1.807) is 0 Å². The molecule has 0 atom stereocenters. The van der Waals surface area contributed by atoms with Crippen LogP contribution in [0.2, 0.25) is 0 Å². The van der Waals surface area contributed by atoms with E-state index in [9.17, 15) is 4.79 Å². The van der Waals surface area contributed by atoms with Crippen LogP contribution in [0.3, 0.4) is 0 Å². The minimum Gasteiger partial charge on any atom is -0.453 e. The van der Waals surface area contributed by atoms with Crippen LogP contribution < -0.4 is 5.32 Å². The highest BCUT2D eigenvalue weighted by atomic mass is 79.9. The number of amides is 1. The summed E-state index contributed by atoms with van der Waals surface area (Å²) in [6.45, 7) is 6.38. The smallest absolute Gasteiger partial charge is 0.225 e. The van der Waals surface area contributed by atoms with E-state index in [0.29, 0.717) is 6.04 Å². The van der Waals surface area contributed by atoms with Crippen LogP contribution in [0, 0.1) is 5.92 Å². The standard InChI is InChI=1S/C14H21BrN2O2/c1-10(2)14(18)17-7-5-11(6-8-17)16-9-12-3-4-13(15)19-12/h3-4,10-11,16H,5-9H2,1-2H3. The zero-order chi connectivity index (χ0) is 13.8. The number of nitrogens with zero attached hydrogens (tertiary/aromatic N) is 1. The number of furan rings is 1. The molecule has 1 amide bonds. The molecule has 4 nitrogen and oxygen atoms in total. The van der Waals surface area contributed by atoms with Crippen LogP contribution >= 0.6 is 15.9 Å². The molecule has 1 saturated heterocycles. The van der Waals surface area contributed by atoms with Crippen LogP contribution in [0.4, 0.5) is 0 Å². The van der Waals surface area contributed by atoms with Crippen molar-refractivity contribution in [3.05, 3.63) is 22.6 Å². The lowest BCUT2D eigenvalue weighted by atomic mass is 10.0. The molecule has 0 bridgehead atoms. The highest BCUT2D eigenvalue weighted by Crippen LogP contribution is 2.16. The quantitative estimate of drug-likeness (QED) is 0.924. The Labute approximate surface area is 122 Å². The van der Waals surface area contributed by atoms with Crippen molar-refractivity contribution < 1.29 is 9.21 Å². The van der Waals surface area contributed by atoms with Gasteiger partial charge in [0.25, 0.3) is 0 Å². The molecule has 0 radical (unpaired) electrons. The Morgan fingerprint density at radius 3 is 2.68 bits per heavy atom. The first-order valence-electron chi connectivity index (χ1n) is 6.82. The first kappa shape index (κ1) is 14.6. The van der Waals surface area contributed by atoms with Crippen LogP contribution in [0.1, 0.15) is 32.4 Å². The average Bonchev–Trinajstić information content (AvgIpc) is 2.82. The second kappa shape index (κ2) is 6.57. The van der Waals surface area contributed by atoms with Crippen molar-refractivity contribution in [1.82, 2.24) is 10.2 Å². The van der Waals surface area contributed by atoms with E-state index in [-0.39, 0.29) is 11.8 Å². The van der Waals surface area contributed by atoms with Gasteiger partial charge in [-0.2, -0.15) is 0 Å².